The number of nitrogens with zero attached hydrogens (tertiary/aromatic N) is 2. The lowest BCUT2D eigenvalue weighted by Gasteiger charge is -2.31. The van der Waals surface area contributed by atoms with Gasteiger partial charge in [-0.1, -0.05) is 0 Å². The number of halogens is 6. The zero-order valence-electron chi connectivity index (χ0n) is 17.0. The molecule has 178 valence electrons. The maximum Gasteiger partial charge on any atom is 0.430 e. The van der Waals surface area contributed by atoms with E-state index in [9.17, 15) is 31.1 Å². The Morgan fingerprint density at radius 2 is 1.97 bits per heavy atom. The SMILES string of the molecule is CCOC(=O)C1=Cc2cc(C)cc(C(OC(=S)n3ccnc3)C(F)(F)F)c2OC1C(F)(F)F. The molecule has 2 heterocycles. The number of hydrogen-bond acceptors (Lipinski definition) is 6. The van der Waals surface area contributed by atoms with Crippen molar-refractivity contribution in [2.45, 2.75) is 38.4 Å². The molecule has 0 radical (unpaired) electrons. The second-order valence-electron chi connectivity index (χ2n) is 6.91. The van der Waals surface area contributed by atoms with Gasteiger partial charge < -0.3 is 14.2 Å². The van der Waals surface area contributed by atoms with Gasteiger partial charge in [-0.3, -0.25) is 4.57 Å². The number of hydrogen-bond donors (Lipinski definition) is 0. The van der Waals surface area contributed by atoms with Crippen molar-refractivity contribution in [2.24, 2.45) is 0 Å². The predicted octanol–water partition coefficient (Wildman–Crippen LogP) is 4.91. The fraction of sp³-hybridized carbons (Fsp3) is 0.350. The Morgan fingerprint density at radius 1 is 1.27 bits per heavy atom. The molecule has 2 atom stereocenters. The minimum absolute atomic E-state index is 0.167. The molecule has 13 heteroatoms. The van der Waals surface area contributed by atoms with Gasteiger partial charge in [-0.25, -0.2) is 9.78 Å². The minimum atomic E-state index is -5.11. The number of esters is 1. The maximum absolute atomic E-state index is 14.0. The number of aromatic nitrogens is 2. The minimum Gasteiger partial charge on any atom is -0.475 e. The van der Waals surface area contributed by atoms with Crippen LogP contribution in [0.25, 0.3) is 6.08 Å². The second-order valence-corrected chi connectivity index (χ2v) is 7.26. The molecule has 0 amide bonds. The Balaban J connectivity index is 2.15. The van der Waals surface area contributed by atoms with E-state index < -0.39 is 52.6 Å². The van der Waals surface area contributed by atoms with E-state index in [1.807, 2.05) is 0 Å². The topological polar surface area (TPSA) is 62.6 Å². The van der Waals surface area contributed by atoms with E-state index in [2.05, 4.69) is 9.72 Å². The molecule has 0 saturated heterocycles. The molecule has 2 unspecified atom stereocenters. The van der Waals surface area contributed by atoms with Crippen molar-refractivity contribution in [3.8, 4) is 5.75 Å². The highest BCUT2D eigenvalue weighted by Crippen LogP contribution is 2.46. The summed E-state index contributed by atoms with van der Waals surface area (Å²) in [5.41, 5.74) is -1.52. The third-order valence-electron chi connectivity index (χ3n) is 4.44. The van der Waals surface area contributed by atoms with Gasteiger partial charge in [0.25, 0.3) is 5.17 Å². The predicted molar refractivity (Wildman–Crippen MR) is 106 cm³/mol. The monoisotopic (exact) mass is 494 g/mol. The zero-order valence-corrected chi connectivity index (χ0v) is 17.8. The van der Waals surface area contributed by atoms with Gasteiger partial charge in [-0.2, -0.15) is 26.3 Å². The number of aryl methyl sites for hydroxylation is 1. The van der Waals surface area contributed by atoms with Gasteiger partial charge in [0, 0.05) is 23.5 Å². The van der Waals surface area contributed by atoms with E-state index in [0.29, 0.717) is 0 Å². The highest BCUT2D eigenvalue weighted by Gasteiger charge is 2.51. The molecule has 0 saturated carbocycles. The van der Waals surface area contributed by atoms with Gasteiger partial charge in [0.2, 0.25) is 12.2 Å². The Morgan fingerprint density at radius 3 is 2.52 bits per heavy atom. The van der Waals surface area contributed by atoms with Crippen LogP contribution in [-0.4, -0.2) is 45.8 Å². The first-order chi connectivity index (χ1) is 15.3. The summed E-state index contributed by atoms with van der Waals surface area (Å²) in [5, 5.41) is -0.629. The van der Waals surface area contributed by atoms with Gasteiger partial charge >= 0.3 is 18.3 Å². The lowest BCUT2D eigenvalue weighted by molar-refractivity contribution is -0.204. The average molecular weight is 494 g/mol. The average Bonchev–Trinajstić information content (AvgIpc) is 3.24. The van der Waals surface area contributed by atoms with Crippen LogP contribution in [0.3, 0.4) is 0 Å². The molecule has 1 aromatic heterocycles. The number of benzene rings is 1. The molecule has 1 aliphatic rings. The molecule has 1 aromatic carbocycles. The van der Waals surface area contributed by atoms with Crippen molar-refractivity contribution in [2.75, 3.05) is 6.61 Å². The van der Waals surface area contributed by atoms with Crippen LogP contribution in [-0.2, 0) is 14.3 Å². The van der Waals surface area contributed by atoms with Gasteiger partial charge in [-0.05, 0) is 49.8 Å². The van der Waals surface area contributed by atoms with Gasteiger partial charge in [0.15, 0.2) is 0 Å². The summed E-state index contributed by atoms with van der Waals surface area (Å²) in [6.45, 7) is 2.62. The Bertz CT molecular complexity index is 1080. The van der Waals surface area contributed by atoms with E-state index >= 15 is 0 Å². The number of carbonyl (C=O) groups is 1. The molecule has 2 aromatic rings. The molecule has 1 aliphatic heterocycles. The molecular formula is C20H16F6N2O4S. The van der Waals surface area contributed by atoms with Gasteiger partial charge in [0.05, 0.1) is 12.2 Å². The van der Waals surface area contributed by atoms with E-state index in [4.69, 9.17) is 21.7 Å². The Labute approximate surface area is 188 Å². The molecule has 6 nitrogen and oxygen atoms in total. The Hall–Kier alpha value is -3.09. The molecule has 0 N–H and O–H groups in total. The van der Waals surface area contributed by atoms with E-state index in [1.54, 1.807) is 0 Å². The van der Waals surface area contributed by atoms with E-state index in [1.165, 1.54) is 32.3 Å². The normalized spacial score (nSPS) is 16.8. The second kappa shape index (κ2) is 9.04. The first kappa shape index (κ1) is 24.6. The van der Waals surface area contributed by atoms with Crippen molar-refractivity contribution >= 4 is 29.4 Å². The van der Waals surface area contributed by atoms with Crippen LogP contribution in [0.4, 0.5) is 26.3 Å². The third kappa shape index (κ3) is 5.29. The number of rotatable bonds is 4. The summed E-state index contributed by atoms with van der Waals surface area (Å²) in [6, 6.07) is 2.27. The summed E-state index contributed by atoms with van der Waals surface area (Å²) >= 11 is 4.88. The highest BCUT2D eigenvalue weighted by molar-refractivity contribution is 7.80. The smallest absolute Gasteiger partial charge is 0.430 e. The summed E-state index contributed by atoms with van der Waals surface area (Å²) in [4.78, 5) is 15.8. The van der Waals surface area contributed by atoms with Crippen LogP contribution in [0.5, 0.6) is 5.75 Å². The van der Waals surface area contributed by atoms with Crippen molar-refractivity contribution in [3.05, 3.63) is 53.1 Å². The third-order valence-corrected chi connectivity index (χ3v) is 4.75. The number of fused-ring (bicyclic) bond motifs is 1. The van der Waals surface area contributed by atoms with E-state index in [-0.39, 0.29) is 17.7 Å². The maximum atomic E-state index is 14.0. The zero-order chi connectivity index (χ0) is 24.6. The largest absolute Gasteiger partial charge is 0.475 e. The van der Waals surface area contributed by atoms with Gasteiger partial charge in [-0.15, -0.1) is 0 Å². The lowest BCUT2D eigenvalue weighted by atomic mass is 9.94. The number of imidazole rings is 1. The van der Waals surface area contributed by atoms with Crippen LogP contribution in [0, 0.1) is 6.92 Å². The fourth-order valence-electron chi connectivity index (χ4n) is 3.15. The van der Waals surface area contributed by atoms with Gasteiger partial charge in [0.1, 0.15) is 12.1 Å². The first-order valence-corrected chi connectivity index (χ1v) is 9.76. The van der Waals surface area contributed by atoms with Crippen molar-refractivity contribution in [1.82, 2.24) is 9.55 Å². The fourth-order valence-corrected chi connectivity index (χ4v) is 3.36. The molecule has 0 fully saturated rings. The first-order valence-electron chi connectivity index (χ1n) is 9.35. The van der Waals surface area contributed by atoms with Crippen LogP contribution >= 0.6 is 12.2 Å². The summed E-state index contributed by atoms with van der Waals surface area (Å²) < 4.78 is 98.5. The highest BCUT2D eigenvalue weighted by atomic mass is 32.1. The Kier molecular flexibility index (Phi) is 6.73. The molecular weight excluding hydrogens is 478 g/mol. The summed E-state index contributed by atoms with van der Waals surface area (Å²) in [6.07, 6.45) is -11.4. The van der Waals surface area contributed by atoms with Crippen LogP contribution in [0.1, 0.15) is 29.7 Å². The van der Waals surface area contributed by atoms with E-state index in [0.717, 1.165) is 23.0 Å². The standard InChI is InChI=1S/C20H16F6N2O4S/c1-3-30-17(29)13-8-11-6-10(2)7-12(14(11)31-16(13)20(24,25)26)15(19(21,22)23)32-18(33)28-5-4-27-9-28/h4-9,15-16H,3H2,1-2H3. The summed E-state index contributed by atoms with van der Waals surface area (Å²) in [7, 11) is 0. The molecule has 33 heavy (non-hydrogen) atoms. The summed E-state index contributed by atoms with van der Waals surface area (Å²) in [5.74, 6) is -2.02. The quantitative estimate of drug-likeness (QED) is 0.342. The molecule has 0 aliphatic carbocycles. The van der Waals surface area contributed by atoms with Crippen molar-refractivity contribution < 1.29 is 45.3 Å². The number of carbonyl (C=O) groups excluding carboxylic acids is 1. The van der Waals surface area contributed by atoms with Crippen molar-refractivity contribution in [3.63, 3.8) is 0 Å². The van der Waals surface area contributed by atoms with Crippen LogP contribution in [0.15, 0.2) is 36.4 Å². The van der Waals surface area contributed by atoms with Crippen molar-refractivity contribution in [1.29, 1.82) is 0 Å². The van der Waals surface area contributed by atoms with Crippen LogP contribution < -0.4 is 4.74 Å². The molecule has 0 bridgehead atoms. The number of alkyl halides is 6. The van der Waals surface area contributed by atoms with Crippen LogP contribution in [0.2, 0.25) is 0 Å². The number of thiocarbonyl (C=S) groups is 1. The molecule has 3 rings (SSSR count). The lowest BCUT2D eigenvalue weighted by Crippen LogP contribution is -2.41. The number of ether oxygens (including phenoxy) is 3. The molecule has 0 spiro atoms.